The van der Waals surface area contributed by atoms with E-state index in [1.54, 1.807) is 18.2 Å². The van der Waals surface area contributed by atoms with E-state index in [-0.39, 0.29) is 17.0 Å². The third-order valence-electron chi connectivity index (χ3n) is 2.84. The van der Waals surface area contributed by atoms with E-state index in [9.17, 15) is 13.2 Å². The Bertz CT molecular complexity index is 739. The van der Waals surface area contributed by atoms with Gasteiger partial charge in [0.15, 0.2) is 0 Å². The van der Waals surface area contributed by atoms with Gasteiger partial charge in [-0.25, -0.2) is 0 Å². The number of halogens is 3. The number of nitrogens with zero attached hydrogens (tertiary/aromatic N) is 1. The first kappa shape index (κ1) is 16.0. The Morgan fingerprint density at radius 1 is 1.23 bits per heavy atom. The molecule has 2 rings (SSSR count). The number of ether oxygens (including phenoxy) is 1. The molecule has 0 saturated carbocycles. The zero-order valence-corrected chi connectivity index (χ0v) is 12.3. The normalized spacial score (nSPS) is 11.0. The van der Waals surface area contributed by atoms with Crippen molar-refractivity contribution in [2.75, 3.05) is 12.8 Å². The van der Waals surface area contributed by atoms with Crippen molar-refractivity contribution >= 4 is 17.4 Å². The molecular weight excluding hydrogens is 313 g/mol. The van der Waals surface area contributed by atoms with Gasteiger partial charge in [0.1, 0.15) is 11.8 Å². The van der Waals surface area contributed by atoms with Crippen LogP contribution in [-0.4, -0.2) is 7.11 Å². The van der Waals surface area contributed by atoms with E-state index in [2.05, 4.69) is 0 Å². The van der Waals surface area contributed by atoms with Crippen molar-refractivity contribution in [3.8, 4) is 11.8 Å². The smallest absolute Gasteiger partial charge is 0.416 e. The zero-order valence-electron chi connectivity index (χ0n) is 11.4. The molecule has 7 heteroatoms. The maximum absolute atomic E-state index is 12.9. The van der Waals surface area contributed by atoms with Crippen molar-refractivity contribution < 1.29 is 17.9 Å². The van der Waals surface area contributed by atoms with Crippen molar-refractivity contribution in [3.05, 3.63) is 47.5 Å². The lowest BCUT2D eigenvalue weighted by molar-refractivity contribution is -0.137. The summed E-state index contributed by atoms with van der Waals surface area (Å²) in [6, 6.07) is 10.2. The first-order valence-electron chi connectivity index (χ1n) is 6.08. The highest BCUT2D eigenvalue weighted by Gasteiger charge is 2.31. The molecule has 0 fully saturated rings. The molecule has 114 valence electrons. The predicted octanol–water partition coefficient (Wildman–Crippen LogP) is 4.32. The summed E-state index contributed by atoms with van der Waals surface area (Å²) in [6.07, 6.45) is -4.47. The molecule has 0 amide bonds. The van der Waals surface area contributed by atoms with Crippen LogP contribution >= 0.6 is 11.8 Å². The quantitative estimate of drug-likeness (QED) is 0.854. The zero-order chi connectivity index (χ0) is 16.3. The topological polar surface area (TPSA) is 59.0 Å². The molecule has 0 aromatic heterocycles. The van der Waals surface area contributed by atoms with Crippen molar-refractivity contribution in [1.29, 1.82) is 5.26 Å². The van der Waals surface area contributed by atoms with Gasteiger partial charge in [0.2, 0.25) is 0 Å². The molecule has 2 aromatic carbocycles. The maximum Gasteiger partial charge on any atom is 0.416 e. The third kappa shape index (κ3) is 3.46. The minimum absolute atomic E-state index is 0.0970. The fraction of sp³-hybridized carbons (Fsp3) is 0.133. The van der Waals surface area contributed by atoms with E-state index in [1.165, 1.54) is 13.2 Å². The number of hydrogen-bond donors (Lipinski definition) is 1. The van der Waals surface area contributed by atoms with Gasteiger partial charge in [-0.2, -0.15) is 18.4 Å². The van der Waals surface area contributed by atoms with Crippen LogP contribution in [0.25, 0.3) is 0 Å². The average Bonchev–Trinajstić information content (AvgIpc) is 2.46. The number of methoxy groups -OCH3 is 1. The summed E-state index contributed by atoms with van der Waals surface area (Å²) in [5.41, 5.74) is 5.42. The van der Waals surface area contributed by atoms with Gasteiger partial charge in [0, 0.05) is 9.79 Å². The molecule has 2 N–H and O–H groups in total. The van der Waals surface area contributed by atoms with Crippen LogP contribution < -0.4 is 10.5 Å². The SMILES string of the molecule is COc1cc(Sc2cccc(N)c2C#N)cc(C(F)(F)F)c1. The van der Waals surface area contributed by atoms with Crippen molar-refractivity contribution in [2.24, 2.45) is 0 Å². The molecule has 3 nitrogen and oxygen atoms in total. The highest BCUT2D eigenvalue weighted by molar-refractivity contribution is 7.99. The predicted molar refractivity (Wildman–Crippen MR) is 77.7 cm³/mol. The fourth-order valence-electron chi connectivity index (χ4n) is 1.79. The first-order valence-corrected chi connectivity index (χ1v) is 6.89. The van der Waals surface area contributed by atoms with Gasteiger partial charge in [0.05, 0.1) is 23.9 Å². The van der Waals surface area contributed by atoms with Crippen LogP contribution in [0.3, 0.4) is 0 Å². The lowest BCUT2D eigenvalue weighted by Crippen LogP contribution is -2.05. The van der Waals surface area contributed by atoms with Crippen LogP contribution in [0.5, 0.6) is 5.75 Å². The van der Waals surface area contributed by atoms with E-state index in [1.807, 2.05) is 6.07 Å². The monoisotopic (exact) mass is 324 g/mol. The van der Waals surface area contributed by atoms with E-state index < -0.39 is 11.7 Å². The molecule has 0 aliphatic heterocycles. The van der Waals surface area contributed by atoms with Crippen LogP contribution in [-0.2, 0) is 6.18 Å². The summed E-state index contributed by atoms with van der Waals surface area (Å²) in [6.45, 7) is 0. The number of nitriles is 1. The largest absolute Gasteiger partial charge is 0.497 e. The Morgan fingerprint density at radius 2 is 1.95 bits per heavy atom. The van der Waals surface area contributed by atoms with Crippen molar-refractivity contribution in [2.45, 2.75) is 16.0 Å². The molecule has 0 aliphatic carbocycles. The fourth-order valence-corrected chi connectivity index (χ4v) is 2.82. The lowest BCUT2D eigenvalue weighted by Gasteiger charge is -2.12. The third-order valence-corrected chi connectivity index (χ3v) is 3.87. The second kappa shape index (κ2) is 6.20. The number of rotatable bonds is 3. The number of benzene rings is 2. The number of anilines is 1. The average molecular weight is 324 g/mol. The molecule has 0 heterocycles. The van der Waals surface area contributed by atoms with Gasteiger partial charge in [-0.3, -0.25) is 0 Å². The summed E-state index contributed by atoms with van der Waals surface area (Å²) in [4.78, 5) is 0.803. The van der Waals surface area contributed by atoms with E-state index in [4.69, 9.17) is 15.7 Å². The Hall–Kier alpha value is -2.33. The molecule has 0 radical (unpaired) electrons. The minimum Gasteiger partial charge on any atom is -0.497 e. The number of nitrogens with two attached hydrogens (primary N) is 1. The lowest BCUT2D eigenvalue weighted by atomic mass is 10.2. The first-order chi connectivity index (χ1) is 10.3. The summed E-state index contributed by atoms with van der Waals surface area (Å²) >= 11 is 1.03. The number of nitrogen functional groups attached to an aromatic ring is 1. The molecule has 0 bridgehead atoms. The van der Waals surface area contributed by atoms with Crippen LogP contribution in [0.1, 0.15) is 11.1 Å². The Morgan fingerprint density at radius 3 is 2.55 bits per heavy atom. The second-order valence-electron chi connectivity index (χ2n) is 4.33. The van der Waals surface area contributed by atoms with Gasteiger partial charge < -0.3 is 10.5 Å². The van der Waals surface area contributed by atoms with E-state index >= 15 is 0 Å². The van der Waals surface area contributed by atoms with Crippen LogP contribution in [0, 0.1) is 11.3 Å². The molecule has 2 aromatic rings. The molecule has 0 saturated heterocycles. The van der Waals surface area contributed by atoms with E-state index in [0.29, 0.717) is 9.79 Å². The second-order valence-corrected chi connectivity index (χ2v) is 5.44. The summed E-state index contributed by atoms with van der Waals surface area (Å²) < 4.78 is 43.6. The van der Waals surface area contributed by atoms with Gasteiger partial charge >= 0.3 is 6.18 Å². The Labute approximate surface area is 129 Å². The summed E-state index contributed by atoms with van der Waals surface area (Å²) in [5, 5.41) is 9.11. The van der Waals surface area contributed by atoms with Crippen LogP contribution in [0.15, 0.2) is 46.2 Å². The molecular formula is C15H11F3N2OS. The Balaban J connectivity index is 2.46. The Kier molecular flexibility index (Phi) is 4.52. The maximum atomic E-state index is 12.9. The summed E-state index contributed by atoms with van der Waals surface area (Å²) in [7, 11) is 1.30. The molecule has 0 aliphatic rings. The van der Waals surface area contributed by atoms with Crippen LogP contribution in [0.2, 0.25) is 0 Å². The molecule has 0 unspecified atom stereocenters. The van der Waals surface area contributed by atoms with Gasteiger partial charge in [0.25, 0.3) is 0 Å². The number of alkyl halides is 3. The highest BCUT2D eigenvalue weighted by atomic mass is 32.2. The number of hydrogen-bond acceptors (Lipinski definition) is 4. The van der Waals surface area contributed by atoms with Crippen molar-refractivity contribution in [1.82, 2.24) is 0 Å². The molecule has 0 spiro atoms. The molecule has 0 atom stereocenters. The van der Waals surface area contributed by atoms with Crippen LogP contribution in [0.4, 0.5) is 18.9 Å². The highest BCUT2D eigenvalue weighted by Crippen LogP contribution is 2.39. The molecule has 22 heavy (non-hydrogen) atoms. The standard InChI is InChI=1S/C15H11F3N2OS/c1-21-10-5-9(15(16,17)18)6-11(7-10)22-14-4-2-3-13(20)12(14)8-19/h2-7H,20H2,1H3. The summed E-state index contributed by atoms with van der Waals surface area (Å²) in [5.74, 6) is 0.0970. The minimum atomic E-state index is -4.47. The van der Waals surface area contributed by atoms with E-state index in [0.717, 1.165) is 23.9 Å². The van der Waals surface area contributed by atoms with Gasteiger partial charge in [-0.15, -0.1) is 0 Å². The van der Waals surface area contributed by atoms with Gasteiger partial charge in [-0.05, 0) is 30.3 Å². The van der Waals surface area contributed by atoms with Gasteiger partial charge in [-0.1, -0.05) is 17.8 Å². The van der Waals surface area contributed by atoms with Crippen molar-refractivity contribution in [3.63, 3.8) is 0 Å².